The highest BCUT2D eigenvalue weighted by Crippen LogP contribution is 2.28. The molecule has 0 radical (unpaired) electrons. The van der Waals surface area contributed by atoms with Crippen LogP contribution in [-0.4, -0.2) is 18.4 Å². The van der Waals surface area contributed by atoms with Crippen molar-refractivity contribution in [1.29, 1.82) is 0 Å². The molecule has 0 unspecified atom stereocenters. The Morgan fingerprint density at radius 3 is 2.58 bits per heavy atom. The van der Waals surface area contributed by atoms with E-state index in [1.165, 1.54) is 0 Å². The van der Waals surface area contributed by atoms with Crippen molar-refractivity contribution in [3.8, 4) is 0 Å². The van der Waals surface area contributed by atoms with Crippen LogP contribution in [0.25, 0.3) is 10.8 Å². The Balaban J connectivity index is 1.59. The van der Waals surface area contributed by atoms with Gasteiger partial charge in [-0.25, -0.2) is 0 Å². The molecule has 0 saturated carbocycles. The van der Waals surface area contributed by atoms with Crippen molar-refractivity contribution >= 4 is 34.0 Å². The van der Waals surface area contributed by atoms with E-state index >= 15 is 0 Å². The molecule has 4 rings (SSSR count). The molecule has 4 heteroatoms. The molecule has 0 atom stereocenters. The number of fused-ring (bicyclic) bond motifs is 1. The molecule has 0 bridgehead atoms. The fraction of sp³-hybridized carbons (Fsp3) is 0.182. The maximum atomic E-state index is 12.6. The number of hydrogen-bond acceptors (Lipinski definition) is 2. The first-order valence-corrected chi connectivity index (χ1v) is 8.83. The summed E-state index contributed by atoms with van der Waals surface area (Å²) in [7, 11) is 0. The Kier molecular flexibility index (Phi) is 4.17. The fourth-order valence-corrected chi connectivity index (χ4v) is 3.41. The third-order valence-corrected chi connectivity index (χ3v) is 4.84. The number of rotatable bonds is 3. The molecular weight excluding hydrogens is 324 g/mol. The van der Waals surface area contributed by atoms with Gasteiger partial charge in [-0.1, -0.05) is 36.4 Å². The first-order valence-electron chi connectivity index (χ1n) is 8.83. The largest absolute Gasteiger partial charge is 0.322 e. The maximum absolute atomic E-state index is 12.6. The minimum absolute atomic E-state index is 0.145. The number of aryl methyl sites for hydroxylation is 1. The monoisotopic (exact) mass is 344 g/mol. The van der Waals surface area contributed by atoms with Gasteiger partial charge in [-0.15, -0.1) is 0 Å². The minimum atomic E-state index is -0.154. The van der Waals surface area contributed by atoms with Crippen molar-refractivity contribution in [3.05, 3.63) is 71.8 Å². The smallest absolute Gasteiger partial charge is 0.255 e. The molecule has 1 N–H and O–H groups in total. The van der Waals surface area contributed by atoms with Gasteiger partial charge in [0.15, 0.2) is 0 Å². The standard InChI is InChI=1S/C22H20N2O2/c1-15-8-11-19(14-20(15)24-12-4-7-21(24)25)23-22(26)18-10-9-16-5-2-3-6-17(16)13-18/h2-3,5-6,8-11,13-14H,4,7,12H2,1H3,(H,23,26). The Morgan fingerprint density at radius 1 is 1.00 bits per heavy atom. The highest BCUT2D eigenvalue weighted by atomic mass is 16.2. The zero-order valence-electron chi connectivity index (χ0n) is 14.7. The lowest BCUT2D eigenvalue weighted by Gasteiger charge is -2.19. The summed E-state index contributed by atoms with van der Waals surface area (Å²) in [5.74, 6) is -0.00981. The summed E-state index contributed by atoms with van der Waals surface area (Å²) in [6.45, 7) is 2.72. The summed E-state index contributed by atoms with van der Waals surface area (Å²) in [5.41, 5.74) is 3.22. The van der Waals surface area contributed by atoms with Gasteiger partial charge < -0.3 is 10.2 Å². The van der Waals surface area contributed by atoms with Gasteiger partial charge in [0.25, 0.3) is 5.91 Å². The van der Waals surface area contributed by atoms with E-state index < -0.39 is 0 Å². The summed E-state index contributed by atoms with van der Waals surface area (Å²) in [6, 6.07) is 19.3. The lowest BCUT2D eigenvalue weighted by atomic mass is 10.1. The van der Waals surface area contributed by atoms with Crippen LogP contribution >= 0.6 is 0 Å². The number of benzene rings is 3. The van der Waals surface area contributed by atoms with E-state index in [-0.39, 0.29) is 11.8 Å². The van der Waals surface area contributed by atoms with Crippen LogP contribution in [0.4, 0.5) is 11.4 Å². The summed E-state index contributed by atoms with van der Waals surface area (Å²) < 4.78 is 0. The van der Waals surface area contributed by atoms with E-state index in [2.05, 4.69) is 5.32 Å². The second-order valence-electron chi connectivity index (χ2n) is 6.67. The topological polar surface area (TPSA) is 49.4 Å². The van der Waals surface area contributed by atoms with Gasteiger partial charge in [0.2, 0.25) is 5.91 Å². The van der Waals surface area contributed by atoms with Crippen molar-refractivity contribution in [3.63, 3.8) is 0 Å². The third kappa shape index (κ3) is 3.06. The number of nitrogens with zero attached hydrogens (tertiary/aromatic N) is 1. The number of carbonyl (C=O) groups is 2. The van der Waals surface area contributed by atoms with Gasteiger partial charge in [0.05, 0.1) is 0 Å². The normalized spacial score (nSPS) is 14.0. The molecule has 4 nitrogen and oxygen atoms in total. The van der Waals surface area contributed by atoms with E-state index in [4.69, 9.17) is 0 Å². The van der Waals surface area contributed by atoms with Crippen LogP contribution in [0.15, 0.2) is 60.7 Å². The molecule has 0 aliphatic carbocycles. The summed E-state index contributed by atoms with van der Waals surface area (Å²) in [4.78, 5) is 26.5. The highest BCUT2D eigenvalue weighted by molar-refractivity contribution is 6.07. The predicted octanol–water partition coefficient (Wildman–Crippen LogP) is 4.53. The van der Waals surface area contributed by atoms with E-state index in [0.29, 0.717) is 17.7 Å². The fourth-order valence-electron chi connectivity index (χ4n) is 3.41. The van der Waals surface area contributed by atoms with Crippen molar-refractivity contribution in [2.45, 2.75) is 19.8 Å². The third-order valence-electron chi connectivity index (χ3n) is 4.84. The number of anilines is 2. The second-order valence-corrected chi connectivity index (χ2v) is 6.67. The Labute approximate surface area is 152 Å². The lowest BCUT2D eigenvalue weighted by molar-refractivity contribution is -0.117. The van der Waals surface area contributed by atoms with Crippen LogP contribution in [0.1, 0.15) is 28.8 Å². The number of amides is 2. The van der Waals surface area contributed by atoms with Gasteiger partial charge in [-0.2, -0.15) is 0 Å². The number of nitrogens with one attached hydrogen (secondary N) is 1. The highest BCUT2D eigenvalue weighted by Gasteiger charge is 2.23. The first-order chi connectivity index (χ1) is 12.6. The van der Waals surface area contributed by atoms with E-state index in [0.717, 1.165) is 35.0 Å². The summed E-state index contributed by atoms with van der Waals surface area (Å²) in [5, 5.41) is 5.09. The van der Waals surface area contributed by atoms with Crippen LogP contribution in [0.5, 0.6) is 0 Å². The molecule has 0 aromatic heterocycles. The maximum Gasteiger partial charge on any atom is 0.255 e. The Hall–Kier alpha value is -3.14. The van der Waals surface area contributed by atoms with E-state index in [9.17, 15) is 9.59 Å². The molecule has 2 amide bonds. The molecule has 1 saturated heterocycles. The molecule has 1 heterocycles. The van der Waals surface area contributed by atoms with E-state index in [1.807, 2.05) is 67.6 Å². The van der Waals surface area contributed by atoms with Gasteiger partial charge in [0.1, 0.15) is 0 Å². The van der Waals surface area contributed by atoms with Crippen LogP contribution in [0.3, 0.4) is 0 Å². The van der Waals surface area contributed by atoms with Crippen LogP contribution in [-0.2, 0) is 4.79 Å². The quantitative estimate of drug-likeness (QED) is 0.759. The zero-order chi connectivity index (χ0) is 18.1. The van der Waals surface area contributed by atoms with Gasteiger partial charge >= 0.3 is 0 Å². The van der Waals surface area contributed by atoms with Crippen molar-refractivity contribution in [2.75, 3.05) is 16.8 Å². The molecular formula is C22H20N2O2. The zero-order valence-corrected chi connectivity index (χ0v) is 14.7. The average molecular weight is 344 g/mol. The van der Waals surface area contributed by atoms with Gasteiger partial charge in [-0.05, 0) is 53.9 Å². The second kappa shape index (κ2) is 6.64. The molecule has 130 valence electrons. The summed E-state index contributed by atoms with van der Waals surface area (Å²) >= 11 is 0. The van der Waals surface area contributed by atoms with E-state index in [1.54, 1.807) is 4.90 Å². The SMILES string of the molecule is Cc1ccc(NC(=O)c2ccc3ccccc3c2)cc1N1CCCC1=O. The Bertz CT molecular complexity index is 1010. The van der Waals surface area contributed by atoms with Gasteiger partial charge in [0, 0.05) is 29.9 Å². The molecule has 3 aromatic carbocycles. The number of carbonyl (C=O) groups excluding carboxylic acids is 2. The average Bonchev–Trinajstić information content (AvgIpc) is 3.08. The molecule has 0 spiro atoms. The van der Waals surface area contributed by atoms with Crippen molar-refractivity contribution < 1.29 is 9.59 Å². The first kappa shape index (κ1) is 16.3. The van der Waals surface area contributed by atoms with Crippen LogP contribution < -0.4 is 10.2 Å². The van der Waals surface area contributed by atoms with Crippen molar-refractivity contribution in [2.24, 2.45) is 0 Å². The Morgan fingerprint density at radius 2 is 1.81 bits per heavy atom. The van der Waals surface area contributed by atoms with Crippen LogP contribution in [0, 0.1) is 6.92 Å². The molecule has 1 aliphatic rings. The lowest BCUT2D eigenvalue weighted by Crippen LogP contribution is -2.24. The van der Waals surface area contributed by atoms with Crippen LogP contribution in [0.2, 0.25) is 0 Å². The number of hydrogen-bond donors (Lipinski definition) is 1. The molecule has 1 aliphatic heterocycles. The molecule has 1 fully saturated rings. The van der Waals surface area contributed by atoms with Gasteiger partial charge in [-0.3, -0.25) is 9.59 Å². The minimum Gasteiger partial charge on any atom is -0.322 e. The van der Waals surface area contributed by atoms with Crippen molar-refractivity contribution in [1.82, 2.24) is 0 Å². The summed E-state index contributed by atoms with van der Waals surface area (Å²) in [6.07, 6.45) is 1.47. The molecule has 3 aromatic rings. The molecule has 26 heavy (non-hydrogen) atoms. The predicted molar refractivity (Wildman–Crippen MR) is 105 cm³/mol.